The van der Waals surface area contributed by atoms with Crippen LogP contribution in [0, 0.1) is 0 Å². The number of piperazine rings is 1. The van der Waals surface area contributed by atoms with Gasteiger partial charge in [0.1, 0.15) is 0 Å². The van der Waals surface area contributed by atoms with Gasteiger partial charge >= 0.3 is 5.97 Å². The van der Waals surface area contributed by atoms with Gasteiger partial charge in [-0.25, -0.2) is 4.79 Å². The molecule has 1 saturated carbocycles. The fraction of sp³-hybridized carbons (Fsp3) is 0.667. The summed E-state index contributed by atoms with van der Waals surface area (Å²) in [5.74, 6) is -0.891. The quantitative estimate of drug-likeness (QED) is 0.913. The van der Waals surface area contributed by atoms with Gasteiger partial charge in [-0.2, -0.15) is 0 Å². The maximum Gasteiger partial charge on any atom is 0.372 e. The van der Waals surface area contributed by atoms with Gasteiger partial charge in [-0.15, -0.1) is 0 Å². The highest BCUT2D eigenvalue weighted by Crippen LogP contribution is 2.24. The Morgan fingerprint density at radius 1 is 1.25 bits per heavy atom. The lowest BCUT2D eigenvalue weighted by atomic mass is 10.1. The van der Waals surface area contributed by atoms with Crippen molar-refractivity contribution in [1.29, 1.82) is 0 Å². The van der Waals surface area contributed by atoms with Crippen molar-refractivity contribution in [2.24, 2.45) is 0 Å². The van der Waals surface area contributed by atoms with Crippen LogP contribution in [0.25, 0.3) is 0 Å². The van der Waals surface area contributed by atoms with Crippen LogP contribution in [0.1, 0.15) is 41.8 Å². The van der Waals surface area contributed by atoms with Crippen LogP contribution in [0.15, 0.2) is 16.7 Å². The molecule has 1 aromatic rings. The second kappa shape index (κ2) is 5.97. The molecule has 0 atom stereocenters. The number of rotatable bonds is 4. The molecule has 1 aromatic heterocycles. The first-order valence-corrected chi connectivity index (χ1v) is 7.50. The zero-order valence-electron chi connectivity index (χ0n) is 11.8. The molecule has 5 nitrogen and oxygen atoms in total. The van der Waals surface area contributed by atoms with Crippen molar-refractivity contribution >= 4 is 5.97 Å². The largest absolute Gasteiger partial charge is 0.475 e. The summed E-state index contributed by atoms with van der Waals surface area (Å²) in [6.45, 7) is 4.91. The Labute approximate surface area is 119 Å². The highest BCUT2D eigenvalue weighted by Gasteiger charge is 2.26. The molecule has 2 fully saturated rings. The van der Waals surface area contributed by atoms with E-state index in [9.17, 15) is 4.79 Å². The van der Waals surface area contributed by atoms with Crippen molar-refractivity contribution in [2.45, 2.75) is 38.3 Å². The van der Waals surface area contributed by atoms with Crippen molar-refractivity contribution in [3.8, 4) is 0 Å². The van der Waals surface area contributed by atoms with Crippen LogP contribution in [0.3, 0.4) is 0 Å². The van der Waals surface area contributed by atoms with E-state index in [0.717, 1.165) is 37.8 Å². The van der Waals surface area contributed by atoms with E-state index in [1.165, 1.54) is 31.9 Å². The molecule has 3 rings (SSSR count). The maximum absolute atomic E-state index is 11.0. The number of hydrogen-bond donors (Lipinski definition) is 1. The van der Waals surface area contributed by atoms with Gasteiger partial charge in [0.25, 0.3) is 0 Å². The van der Waals surface area contributed by atoms with Crippen molar-refractivity contribution < 1.29 is 14.3 Å². The fourth-order valence-electron chi connectivity index (χ4n) is 3.44. The molecule has 0 bridgehead atoms. The Balaban J connectivity index is 1.53. The summed E-state index contributed by atoms with van der Waals surface area (Å²) in [5, 5.41) is 9.05. The standard InChI is InChI=1S/C15H22N2O3/c18-15(19)14-12(5-10-20-14)11-16-6-8-17(9-7-16)13-3-1-2-4-13/h5,10,13H,1-4,6-9,11H2,(H,18,19). The molecule has 1 N–H and O–H groups in total. The molecule has 0 amide bonds. The van der Waals surface area contributed by atoms with Gasteiger partial charge in [-0.1, -0.05) is 12.8 Å². The Kier molecular flexibility index (Phi) is 4.08. The first-order valence-electron chi connectivity index (χ1n) is 7.50. The summed E-state index contributed by atoms with van der Waals surface area (Å²) in [6, 6.07) is 2.56. The molecular formula is C15H22N2O3. The van der Waals surface area contributed by atoms with Gasteiger partial charge in [0.15, 0.2) is 0 Å². The van der Waals surface area contributed by atoms with Crippen molar-refractivity contribution in [1.82, 2.24) is 9.80 Å². The Morgan fingerprint density at radius 3 is 2.60 bits per heavy atom. The lowest BCUT2D eigenvalue weighted by Crippen LogP contribution is -2.49. The van der Waals surface area contributed by atoms with Crippen LogP contribution < -0.4 is 0 Å². The fourth-order valence-corrected chi connectivity index (χ4v) is 3.44. The summed E-state index contributed by atoms with van der Waals surface area (Å²) in [6.07, 6.45) is 6.92. The topological polar surface area (TPSA) is 56.9 Å². The van der Waals surface area contributed by atoms with E-state index in [-0.39, 0.29) is 5.76 Å². The van der Waals surface area contributed by atoms with E-state index >= 15 is 0 Å². The molecular weight excluding hydrogens is 256 g/mol. The van der Waals surface area contributed by atoms with E-state index in [4.69, 9.17) is 9.52 Å². The van der Waals surface area contributed by atoms with E-state index in [2.05, 4.69) is 9.80 Å². The monoisotopic (exact) mass is 278 g/mol. The second-order valence-electron chi connectivity index (χ2n) is 5.83. The predicted molar refractivity (Wildman–Crippen MR) is 74.8 cm³/mol. The summed E-state index contributed by atoms with van der Waals surface area (Å²) < 4.78 is 5.03. The molecule has 20 heavy (non-hydrogen) atoms. The van der Waals surface area contributed by atoms with Gasteiger partial charge in [-0.05, 0) is 18.9 Å². The molecule has 0 radical (unpaired) electrons. The van der Waals surface area contributed by atoms with Crippen LogP contribution in [0.5, 0.6) is 0 Å². The highest BCUT2D eigenvalue weighted by atomic mass is 16.4. The lowest BCUT2D eigenvalue weighted by molar-refractivity contribution is 0.0654. The molecule has 0 unspecified atom stereocenters. The Hall–Kier alpha value is -1.33. The van der Waals surface area contributed by atoms with Crippen LogP contribution in [-0.2, 0) is 6.54 Å². The number of furan rings is 1. The minimum absolute atomic E-state index is 0.0863. The smallest absolute Gasteiger partial charge is 0.372 e. The van der Waals surface area contributed by atoms with Crippen LogP contribution in [-0.4, -0.2) is 53.1 Å². The summed E-state index contributed by atoms with van der Waals surface area (Å²) in [4.78, 5) is 16.0. The third kappa shape index (κ3) is 2.88. The number of aromatic carboxylic acids is 1. The van der Waals surface area contributed by atoms with Gasteiger partial charge in [0.05, 0.1) is 6.26 Å². The van der Waals surface area contributed by atoms with Gasteiger partial charge < -0.3 is 9.52 Å². The van der Waals surface area contributed by atoms with E-state index in [0.29, 0.717) is 6.54 Å². The number of nitrogens with zero attached hydrogens (tertiary/aromatic N) is 2. The zero-order chi connectivity index (χ0) is 13.9. The zero-order valence-corrected chi connectivity index (χ0v) is 11.8. The average molecular weight is 278 g/mol. The first kappa shape index (κ1) is 13.6. The molecule has 110 valence electrons. The average Bonchev–Trinajstić information content (AvgIpc) is 3.10. The van der Waals surface area contributed by atoms with Gasteiger partial charge in [0, 0.05) is 44.3 Å². The summed E-state index contributed by atoms with van der Waals surface area (Å²) in [7, 11) is 0. The van der Waals surface area contributed by atoms with Crippen molar-refractivity contribution in [3.63, 3.8) is 0 Å². The molecule has 1 aliphatic heterocycles. The van der Waals surface area contributed by atoms with Crippen molar-refractivity contribution in [3.05, 3.63) is 23.7 Å². The summed E-state index contributed by atoms with van der Waals surface area (Å²) >= 11 is 0. The van der Waals surface area contributed by atoms with Gasteiger partial charge in [-0.3, -0.25) is 9.80 Å². The summed E-state index contributed by atoms with van der Waals surface area (Å²) in [5.41, 5.74) is 0.784. The molecule has 2 heterocycles. The predicted octanol–water partition coefficient (Wildman–Crippen LogP) is 2.04. The maximum atomic E-state index is 11.0. The van der Waals surface area contributed by atoms with Crippen LogP contribution in [0.4, 0.5) is 0 Å². The molecule has 1 aliphatic carbocycles. The minimum atomic E-state index is -0.977. The first-order chi connectivity index (χ1) is 9.74. The molecule has 2 aliphatic rings. The molecule has 5 heteroatoms. The number of carbonyl (C=O) groups is 1. The lowest BCUT2D eigenvalue weighted by Gasteiger charge is -2.38. The van der Waals surface area contributed by atoms with Crippen LogP contribution in [0.2, 0.25) is 0 Å². The number of carboxylic acid groups (broad SMARTS) is 1. The number of carboxylic acids is 1. The van der Waals surface area contributed by atoms with Gasteiger partial charge in [0.2, 0.25) is 5.76 Å². The molecule has 1 saturated heterocycles. The van der Waals surface area contributed by atoms with E-state index in [1.807, 2.05) is 0 Å². The van der Waals surface area contributed by atoms with E-state index < -0.39 is 5.97 Å². The third-order valence-electron chi connectivity index (χ3n) is 4.58. The normalized spacial score (nSPS) is 22.4. The number of hydrogen-bond acceptors (Lipinski definition) is 4. The van der Waals surface area contributed by atoms with Crippen molar-refractivity contribution in [2.75, 3.05) is 26.2 Å². The Morgan fingerprint density at radius 2 is 1.95 bits per heavy atom. The minimum Gasteiger partial charge on any atom is -0.475 e. The SMILES string of the molecule is O=C(O)c1occc1CN1CCN(C2CCCC2)CC1. The highest BCUT2D eigenvalue weighted by molar-refractivity contribution is 5.86. The van der Waals surface area contributed by atoms with Crippen LogP contribution >= 0.6 is 0 Å². The molecule has 0 aromatic carbocycles. The van der Waals surface area contributed by atoms with E-state index in [1.54, 1.807) is 6.07 Å². The third-order valence-corrected chi connectivity index (χ3v) is 4.58. The molecule has 0 spiro atoms. The Bertz CT molecular complexity index is 457. The second-order valence-corrected chi connectivity index (χ2v) is 5.83.